The molecule has 2 rings (SSSR count). The lowest BCUT2D eigenvalue weighted by Gasteiger charge is -2.30. The zero-order chi connectivity index (χ0) is 19.4. The number of unbranched alkanes of at least 4 members (excludes halogenated alkanes) is 7. The number of aliphatic carboxylic acids is 1. The van der Waals surface area contributed by atoms with E-state index < -0.39 is 41.3 Å². The number of carboxylic acid groups (broad SMARTS) is 1. The highest BCUT2D eigenvalue weighted by Crippen LogP contribution is 2.46. The molecule has 0 aromatic heterocycles. The molecular weight excluding hydrogens is 344 g/mol. The molecule has 2 aliphatic rings. The highest BCUT2D eigenvalue weighted by Gasteiger charge is 2.78. The minimum Gasteiger partial charge on any atom is -0.479 e. The molecule has 0 radical (unpaired) electrons. The highest BCUT2D eigenvalue weighted by atomic mass is 16.7. The van der Waals surface area contributed by atoms with Crippen molar-refractivity contribution in [3.8, 4) is 0 Å². The number of hydrogen-bond acceptors (Lipinski definition) is 7. The Morgan fingerprint density at radius 2 is 1.69 bits per heavy atom. The number of hydrogen-bond donors (Lipinski definition) is 3. The quantitative estimate of drug-likeness (QED) is 0.386. The number of carbonyl (C=O) groups excluding carboxylic acids is 2. The number of ether oxygens (including phenoxy) is 2. The second-order valence-electron chi connectivity index (χ2n) is 7.22. The van der Waals surface area contributed by atoms with Gasteiger partial charge in [-0.15, -0.1) is 0 Å². The van der Waals surface area contributed by atoms with E-state index in [9.17, 15) is 29.7 Å². The lowest BCUT2D eigenvalue weighted by atomic mass is 9.78. The van der Waals surface area contributed by atoms with Gasteiger partial charge in [0.15, 0.2) is 6.10 Å². The van der Waals surface area contributed by atoms with Crippen LogP contribution in [0, 0.1) is 0 Å². The number of aliphatic hydroxyl groups excluding tert-OH is 1. The van der Waals surface area contributed by atoms with Crippen LogP contribution in [0.5, 0.6) is 0 Å². The van der Waals surface area contributed by atoms with Gasteiger partial charge in [0.1, 0.15) is 6.10 Å². The van der Waals surface area contributed by atoms with Crippen LogP contribution >= 0.6 is 0 Å². The standard InChI is InChI=1S/C18H28O8/c1-2-3-4-5-6-7-8-9-10-12-11-17(16(23)25-12)18(24,15(21)22)13(19)14(20)26-17/h12-13,19,24H,2-11H2,1H3,(H,21,22)/t12?,13-,17-,18?/m0/s1. The van der Waals surface area contributed by atoms with Gasteiger partial charge in [0, 0.05) is 6.42 Å². The van der Waals surface area contributed by atoms with Crippen molar-refractivity contribution < 1.29 is 39.2 Å². The molecule has 0 saturated carbocycles. The maximum absolute atomic E-state index is 12.2. The zero-order valence-electron chi connectivity index (χ0n) is 15.1. The van der Waals surface area contributed by atoms with Crippen LogP contribution in [0.2, 0.25) is 0 Å². The Hall–Kier alpha value is -1.67. The Kier molecular flexibility index (Phi) is 6.63. The summed E-state index contributed by atoms with van der Waals surface area (Å²) in [7, 11) is 0. The largest absolute Gasteiger partial charge is 0.479 e. The lowest BCUT2D eigenvalue weighted by Crippen LogP contribution is -2.63. The third kappa shape index (κ3) is 3.57. The van der Waals surface area contributed by atoms with E-state index in [0.29, 0.717) is 6.42 Å². The van der Waals surface area contributed by atoms with Gasteiger partial charge in [-0.05, 0) is 12.8 Å². The molecule has 2 saturated heterocycles. The van der Waals surface area contributed by atoms with Crippen molar-refractivity contribution in [2.45, 2.75) is 94.5 Å². The molecule has 2 unspecified atom stereocenters. The fourth-order valence-corrected chi connectivity index (χ4v) is 3.74. The van der Waals surface area contributed by atoms with E-state index in [1.54, 1.807) is 0 Å². The van der Waals surface area contributed by atoms with E-state index in [4.69, 9.17) is 9.47 Å². The van der Waals surface area contributed by atoms with Crippen LogP contribution in [0.15, 0.2) is 0 Å². The summed E-state index contributed by atoms with van der Waals surface area (Å²) in [5.41, 5.74) is -5.41. The molecule has 0 aromatic carbocycles. The summed E-state index contributed by atoms with van der Waals surface area (Å²) in [4.78, 5) is 35.3. The molecule has 8 heteroatoms. The maximum atomic E-state index is 12.2. The molecule has 3 N–H and O–H groups in total. The van der Waals surface area contributed by atoms with E-state index in [2.05, 4.69) is 6.92 Å². The van der Waals surface area contributed by atoms with Crippen LogP contribution in [0.1, 0.15) is 71.1 Å². The van der Waals surface area contributed by atoms with E-state index in [1.807, 2.05) is 0 Å². The first-order valence-corrected chi connectivity index (χ1v) is 9.37. The van der Waals surface area contributed by atoms with Crippen molar-refractivity contribution >= 4 is 17.9 Å². The van der Waals surface area contributed by atoms with Gasteiger partial charge in [0.25, 0.3) is 5.60 Å². The second-order valence-corrected chi connectivity index (χ2v) is 7.22. The highest BCUT2D eigenvalue weighted by molar-refractivity contribution is 6.02. The number of aliphatic hydroxyl groups is 2. The van der Waals surface area contributed by atoms with Crippen molar-refractivity contribution in [3.05, 3.63) is 0 Å². The number of carboxylic acids is 1. The maximum Gasteiger partial charge on any atom is 0.354 e. The Labute approximate surface area is 152 Å². The summed E-state index contributed by atoms with van der Waals surface area (Å²) in [6.07, 6.45) is 6.10. The van der Waals surface area contributed by atoms with Gasteiger partial charge in [0.05, 0.1) is 0 Å². The topological polar surface area (TPSA) is 130 Å². The lowest BCUT2D eigenvalue weighted by molar-refractivity contribution is -0.195. The minimum atomic E-state index is -3.03. The zero-order valence-corrected chi connectivity index (χ0v) is 15.1. The average molecular weight is 372 g/mol. The molecular formula is C18H28O8. The normalized spacial score (nSPS) is 33.5. The first kappa shape index (κ1) is 20.6. The summed E-state index contributed by atoms with van der Waals surface area (Å²) >= 11 is 0. The molecule has 148 valence electrons. The summed E-state index contributed by atoms with van der Waals surface area (Å²) in [6, 6.07) is 0. The third-order valence-corrected chi connectivity index (χ3v) is 5.33. The van der Waals surface area contributed by atoms with Crippen LogP contribution in [0.25, 0.3) is 0 Å². The SMILES string of the molecule is CCCCCCCCCCC1C[C@]2(OC(=O)[C@H](O)C2(O)C(=O)O)C(=O)O1. The van der Waals surface area contributed by atoms with Crippen LogP contribution in [0.3, 0.4) is 0 Å². The monoisotopic (exact) mass is 372 g/mol. The van der Waals surface area contributed by atoms with Crippen molar-refractivity contribution in [2.24, 2.45) is 0 Å². The number of cyclic esters (lactones) is 1. The Bertz CT molecular complexity index is 547. The summed E-state index contributed by atoms with van der Waals surface area (Å²) in [5, 5.41) is 29.4. The number of carbonyl (C=O) groups is 3. The average Bonchev–Trinajstić information content (AvgIpc) is 3.01. The van der Waals surface area contributed by atoms with E-state index in [1.165, 1.54) is 25.7 Å². The molecule has 0 bridgehead atoms. The fraction of sp³-hybridized carbons (Fsp3) is 0.833. The Morgan fingerprint density at radius 3 is 2.27 bits per heavy atom. The number of rotatable bonds is 10. The van der Waals surface area contributed by atoms with Gasteiger partial charge in [-0.1, -0.05) is 51.9 Å². The smallest absolute Gasteiger partial charge is 0.354 e. The molecule has 0 amide bonds. The predicted octanol–water partition coefficient (Wildman–Crippen LogP) is 1.30. The molecule has 26 heavy (non-hydrogen) atoms. The molecule has 4 atom stereocenters. The van der Waals surface area contributed by atoms with Gasteiger partial charge < -0.3 is 24.8 Å². The molecule has 0 aromatic rings. The summed E-state index contributed by atoms with van der Waals surface area (Å²) in [5.74, 6) is -4.34. The first-order chi connectivity index (χ1) is 12.3. The molecule has 1 spiro atoms. The van der Waals surface area contributed by atoms with Crippen LogP contribution in [0.4, 0.5) is 0 Å². The van der Waals surface area contributed by atoms with E-state index in [-0.39, 0.29) is 6.42 Å². The predicted molar refractivity (Wildman–Crippen MR) is 89.1 cm³/mol. The van der Waals surface area contributed by atoms with Gasteiger partial charge in [-0.2, -0.15) is 0 Å². The van der Waals surface area contributed by atoms with Crippen LogP contribution in [-0.2, 0) is 23.9 Å². The summed E-state index contributed by atoms with van der Waals surface area (Å²) < 4.78 is 9.98. The fourth-order valence-electron chi connectivity index (χ4n) is 3.74. The van der Waals surface area contributed by atoms with Crippen LogP contribution < -0.4 is 0 Å². The second kappa shape index (κ2) is 8.35. The Balaban J connectivity index is 1.86. The van der Waals surface area contributed by atoms with Gasteiger partial charge in [-0.25, -0.2) is 14.4 Å². The molecule has 2 heterocycles. The molecule has 0 aliphatic carbocycles. The van der Waals surface area contributed by atoms with Gasteiger partial charge in [0.2, 0.25) is 5.60 Å². The Morgan fingerprint density at radius 1 is 1.12 bits per heavy atom. The minimum absolute atomic E-state index is 0.270. The van der Waals surface area contributed by atoms with Crippen molar-refractivity contribution in [2.75, 3.05) is 0 Å². The van der Waals surface area contributed by atoms with Crippen molar-refractivity contribution in [1.82, 2.24) is 0 Å². The van der Waals surface area contributed by atoms with E-state index >= 15 is 0 Å². The first-order valence-electron chi connectivity index (χ1n) is 9.37. The van der Waals surface area contributed by atoms with Crippen molar-refractivity contribution in [3.63, 3.8) is 0 Å². The van der Waals surface area contributed by atoms with Crippen molar-refractivity contribution in [1.29, 1.82) is 0 Å². The van der Waals surface area contributed by atoms with Crippen LogP contribution in [-0.4, -0.2) is 56.6 Å². The van der Waals surface area contributed by atoms with Gasteiger partial charge >= 0.3 is 17.9 Å². The summed E-state index contributed by atoms with van der Waals surface area (Å²) in [6.45, 7) is 2.17. The molecule has 2 aliphatic heterocycles. The number of esters is 2. The third-order valence-electron chi connectivity index (χ3n) is 5.33. The molecule has 8 nitrogen and oxygen atoms in total. The molecule has 2 fully saturated rings. The van der Waals surface area contributed by atoms with E-state index in [0.717, 1.165) is 25.7 Å². The van der Waals surface area contributed by atoms with Gasteiger partial charge in [-0.3, -0.25) is 0 Å².